The van der Waals surface area contributed by atoms with Crippen LogP contribution in [-0.4, -0.2) is 63.6 Å². The van der Waals surface area contributed by atoms with Crippen molar-refractivity contribution in [3.05, 3.63) is 100 Å². The van der Waals surface area contributed by atoms with E-state index in [4.69, 9.17) is 21.4 Å². The van der Waals surface area contributed by atoms with Crippen molar-refractivity contribution in [2.75, 3.05) is 24.7 Å². The summed E-state index contributed by atoms with van der Waals surface area (Å²) in [6.07, 6.45) is 5.75. The van der Waals surface area contributed by atoms with Gasteiger partial charge in [0.15, 0.2) is 0 Å². The molecule has 2 aliphatic rings. The Labute approximate surface area is 277 Å². The molecule has 0 radical (unpaired) electrons. The summed E-state index contributed by atoms with van der Waals surface area (Å²) in [5.41, 5.74) is 6.21. The average Bonchev–Trinajstić information content (AvgIpc) is 3.72. The first kappa shape index (κ1) is 32.3. The molecule has 0 saturated heterocycles. The minimum absolute atomic E-state index is 0.0763. The zero-order valence-corrected chi connectivity index (χ0v) is 26.8. The number of nitrogens with one attached hydrogen (secondary N) is 1. The van der Waals surface area contributed by atoms with Gasteiger partial charge in [0.05, 0.1) is 19.3 Å². The van der Waals surface area contributed by atoms with Crippen LogP contribution in [-0.2, 0) is 16.1 Å². The van der Waals surface area contributed by atoms with Crippen LogP contribution in [0.15, 0.2) is 73.1 Å². The first-order chi connectivity index (χ1) is 22.7. The van der Waals surface area contributed by atoms with Crippen LogP contribution in [0.4, 0.5) is 5.69 Å². The summed E-state index contributed by atoms with van der Waals surface area (Å²) < 4.78 is 7.71. The van der Waals surface area contributed by atoms with E-state index in [-0.39, 0.29) is 18.9 Å². The number of halogens is 1. The standard InChI is InChI=1S/C36H37ClN4O6/c1-22-29(37)9-4-11-32(22)47-15-5-12-33(43)41-21-25-17-28(25)34-27(8-3-10-31(34)41)26-18-38-40(20-26)19-23-6-2-7-24(16-23)35(44)39-30(13-14-42)36(45)46/h2-4,6-11,16,18,20,25,28,30,42H,5,12-15,17,19,21H2,1H3,(H,39,44)(H,45,46)/t25-,28-,30-/m0/s1. The van der Waals surface area contributed by atoms with Crippen molar-refractivity contribution in [2.24, 2.45) is 5.92 Å². The number of nitrogens with zero attached hydrogens (tertiary/aromatic N) is 3. The normalized spacial score (nSPS) is 17.0. The second-order valence-corrected chi connectivity index (χ2v) is 12.6. The quantitative estimate of drug-likeness (QED) is 0.163. The van der Waals surface area contributed by atoms with Crippen LogP contribution in [0.5, 0.6) is 5.75 Å². The number of carboxylic acids is 1. The van der Waals surface area contributed by atoms with Crippen LogP contribution >= 0.6 is 11.6 Å². The fourth-order valence-electron chi connectivity index (χ4n) is 6.30. The molecule has 244 valence electrons. The number of fused-ring (bicyclic) bond motifs is 3. The molecule has 1 fully saturated rings. The Morgan fingerprint density at radius 3 is 2.74 bits per heavy atom. The third-order valence-electron chi connectivity index (χ3n) is 8.90. The minimum Gasteiger partial charge on any atom is -0.493 e. The Kier molecular flexibility index (Phi) is 9.60. The van der Waals surface area contributed by atoms with Gasteiger partial charge in [-0.2, -0.15) is 5.10 Å². The molecule has 10 nitrogen and oxygen atoms in total. The van der Waals surface area contributed by atoms with Gasteiger partial charge in [0.1, 0.15) is 11.8 Å². The number of aliphatic carboxylic acids is 1. The molecule has 1 aromatic heterocycles. The predicted molar refractivity (Wildman–Crippen MR) is 178 cm³/mol. The monoisotopic (exact) mass is 656 g/mol. The molecule has 3 aromatic carbocycles. The van der Waals surface area contributed by atoms with E-state index in [9.17, 15) is 19.5 Å². The number of aliphatic hydroxyl groups is 1. The van der Waals surface area contributed by atoms with Gasteiger partial charge in [-0.15, -0.1) is 0 Å². The van der Waals surface area contributed by atoms with Gasteiger partial charge in [-0.05, 0) is 78.6 Å². The van der Waals surface area contributed by atoms with Crippen LogP contribution in [0.3, 0.4) is 0 Å². The van der Waals surface area contributed by atoms with Crippen molar-refractivity contribution < 1.29 is 29.3 Å². The molecule has 3 N–H and O–H groups in total. The number of carbonyl (C=O) groups is 3. The highest BCUT2D eigenvalue weighted by molar-refractivity contribution is 6.31. The number of amides is 2. The van der Waals surface area contributed by atoms with E-state index >= 15 is 0 Å². The number of carbonyl (C=O) groups excluding carboxylic acids is 2. The van der Waals surface area contributed by atoms with E-state index in [1.807, 2.05) is 60.6 Å². The van der Waals surface area contributed by atoms with Gasteiger partial charge in [0.25, 0.3) is 5.91 Å². The highest BCUT2D eigenvalue weighted by atomic mass is 35.5. The Balaban J connectivity index is 1.13. The summed E-state index contributed by atoms with van der Waals surface area (Å²) in [6, 6.07) is 17.5. The molecule has 1 aliphatic carbocycles. The molecule has 2 amide bonds. The summed E-state index contributed by atoms with van der Waals surface area (Å²) in [5.74, 6) is -0.0354. The molecule has 47 heavy (non-hydrogen) atoms. The van der Waals surface area contributed by atoms with E-state index < -0.39 is 17.9 Å². The lowest BCUT2D eigenvalue weighted by atomic mass is 9.92. The zero-order valence-electron chi connectivity index (χ0n) is 26.1. The second-order valence-electron chi connectivity index (χ2n) is 12.2. The summed E-state index contributed by atoms with van der Waals surface area (Å²) in [4.78, 5) is 39.5. The summed E-state index contributed by atoms with van der Waals surface area (Å²) in [7, 11) is 0. The molecule has 1 saturated carbocycles. The lowest BCUT2D eigenvalue weighted by Crippen LogP contribution is -2.41. The van der Waals surface area contributed by atoms with Crippen molar-refractivity contribution in [2.45, 2.75) is 51.1 Å². The van der Waals surface area contributed by atoms with E-state index in [1.165, 1.54) is 5.56 Å². The first-order valence-electron chi connectivity index (χ1n) is 15.8. The van der Waals surface area contributed by atoms with Gasteiger partial charge < -0.3 is 25.2 Å². The van der Waals surface area contributed by atoms with E-state index in [0.717, 1.165) is 46.7 Å². The number of rotatable bonds is 13. The Bertz CT molecular complexity index is 1810. The molecular formula is C36H37ClN4O6. The van der Waals surface area contributed by atoms with E-state index in [2.05, 4.69) is 16.5 Å². The van der Waals surface area contributed by atoms with Crippen molar-refractivity contribution in [1.29, 1.82) is 0 Å². The highest BCUT2D eigenvalue weighted by Gasteiger charge is 2.47. The van der Waals surface area contributed by atoms with Gasteiger partial charge in [0, 0.05) is 59.6 Å². The second kappa shape index (κ2) is 14.0. The Morgan fingerprint density at radius 2 is 1.94 bits per heavy atom. The molecule has 6 rings (SSSR count). The number of ether oxygens (including phenoxy) is 1. The Morgan fingerprint density at radius 1 is 1.13 bits per heavy atom. The fraction of sp³-hybridized carbons (Fsp3) is 0.333. The maximum absolute atomic E-state index is 13.5. The van der Waals surface area contributed by atoms with Crippen molar-refractivity contribution >= 4 is 35.1 Å². The third-order valence-corrected chi connectivity index (χ3v) is 9.30. The van der Waals surface area contributed by atoms with Crippen LogP contribution in [0, 0.1) is 12.8 Å². The molecule has 2 heterocycles. The lowest BCUT2D eigenvalue weighted by Gasteiger charge is -2.30. The number of benzene rings is 3. The molecule has 0 bridgehead atoms. The van der Waals surface area contributed by atoms with Gasteiger partial charge in [-0.1, -0.05) is 41.9 Å². The molecular weight excluding hydrogens is 620 g/mol. The number of hydrogen-bond acceptors (Lipinski definition) is 6. The largest absolute Gasteiger partial charge is 0.493 e. The molecule has 1 aliphatic heterocycles. The summed E-state index contributed by atoms with van der Waals surface area (Å²) in [6.45, 7) is 3.13. The molecule has 0 spiro atoms. The van der Waals surface area contributed by atoms with Gasteiger partial charge in [-0.25, -0.2) is 4.79 Å². The summed E-state index contributed by atoms with van der Waals surface area (Å²) >= 11 is 6.20. The topological polar surface area (TPSA) is 134 Å². The van der Waals surface area contributed by atoms with Gasteiger partial charge >= 0.3 is 5.97 Å². The highest BCUT2D eigenvalue weighted by Crippen LogP contribution is 2.57. The third kappa shape index (κ3) is 7.18. The smallest absolute Gasteiger partial charge is 0.326 e. The fourth-order valence-corrected chi connectivity index (χ4v) is 6.47. The number of anilines is 1. The number of carboxylic acid groups (broad SMARTS) is 1. The van der Waals surface area contributed by atoms with Gasteiger partial charge in [0.2, 0.25) is 5.91 Å². The van der Waals surface area contributed by atoms with Crippen LogP contribution in [0.1, 0.15) is 58.6 Å². The minimum atomic E-state index is -1.20. The van der Waals surface area contributed by atoms with Crippen molar-refractivity contribution in [3.63, 3.8) is 0 Å². The van der Waals surface area contributed by atoms with E-state index in [0.29, 0.717) is 48.4 Å². The maximum Gasteiger partial charge on any atom is 0.326 e. The van der Waals surface area contributed by atoms with Crippen LogP contribution in [0.25, 0.3) is 11.1 Å². The molecule has 0 unspecified atom stereocenters. The average molecular weight is 657 g/mol. The SMILES string of the molecule is Cc1c(Cl)cccc1OCCCC(=O)N1C[C@@H]2C[C@@H]2c2c(-c3cnn(Cc4cccc(C(=O)N[C@@H](CCO)C(=O)O)c4)c3)cccc21. The molecule has 3 atom stereocenters. The van der Waals surface area contributed by atoms with E-state index in [1.54, 1.807) is 22.9 Å². The van der Waals surface area contributed by atoms with Crippen molar-refractivity contribution in [1.82, 2.24) is 15.1 Å². The van der Waals surface area contributed by atoms with Crippen LogP contribution < -0.4 is 15.0 Å². The molecule has 11 heteroatoms. The predicted octanol–water partition coefficient (Wildman–Crippen LogP) is 5.43. The number of hydrogen-bond donors (Lipinski definition) is 3. The van der Waals surface area contributed by atoms with Crippen LogP contribution in [0.2, 0.25) is 5.02 Å². The van der Waals surface area contributed by atoms with Gasteiger partial charge in [-0.3, -0.25) is 14.3 Å². The number of aliphatic hydroxyl groups excluding tert-OH is 1. The molecule has 4 aromatic rings. The lowest BCUT2D eigenvalue weighted by molar-refractivity contribution is -0.139. The maximum atomic E-state index is 13.5. The Hall–Kier alpha value is -4.67. The van der Waals surface area contributed by atoms with Crippen molar-refractivity contribution in [3.8, 4) is 16.9 Å². The summed E-state index contributed by atoms with van der Waals surface area (Å²) in [5, 5.41) is 26.1. The first-order valence-corrected chi connectivity index (χ1v) is 16.2. The number of aromatic nitrogens is 2. The zero-order chi connectivity index (χ0) is 33.1.